The van der Waals surface area contributed by atoms with Crippen LogP contribution in [-0.4, -0.2) is 20.2 Å². The van der Waals surface area contributed by atoms with Crippen molar-refractivity contribution < 1.29 is 0 Å². The molecule has 0 aliphatic carbocycles. The molecule has 0 atom stereocenters. The first-order valence-corrected chi connectivity index (χ1v) is 5.86. The number of aromatic amines is 1. The quantitative estimate of drug-likeness (QED) is 0.706. The number of rotatable bonds is 2. The fourth-order valence-corrected chi connectivity index (χ4v) is 1.86. The van der Waals surface area contributed by atoms with Crippen molar-refractivity contribution in [2.75, 3.05) is 5.32 Å². The molecule has 2 aromatic heterocycles. The van der Waals surface area contributed by atoms with Crippen molar-refractivity contribution >= 4 is 45.6 Å². The van der Waals surface area contributed by atoms with Crippen LogP contribution in [0, 0.1) is 0 Å². The molecular weight excluding hydrogens is 273 g/mol. The lowest BCUT2D eigenvalue weighted by atomic mass is 10.2. The molecule has 0 fully saturated rings. The summed E-state index contributed by atoms with van der Waals surface area (Å²) in [4.78, 5) is 7.81. The van der Waals surface area contributed by atoms with Gasteiger partial charge in [0.2, 0.25) is 5.28 Å². The van der Waals surface area contributed by atoms with Gasteiger partial charge in [0.15, 0.2) is 5.82 Å². The van der Waals surface area contributed by atoms with Crippen molar-refractivity contribution in [3.63, 3.8) is 0 Å². The van der Waals surface area contributed by atoms with Crippen LogP contribution in [-0.2, 0) is 0 Å². The van der Waals surface area contributed by atoms with Gasteiger partial charge in [-0.1, -0.05) is 11.6 Å². The Bertz CT molecular complexity index is 709. The number of hydrogen-bond donors (Lipinski definition) is 2. The summed E-state index contributed by atoms with van der Waals surface area (Å²) < 4.78 is 0. The number of fused-ring (bicyclic) bond motifs is 1. The maximum absolute atomic E-state index is 5.98. The van der Waals surface area contributed by atoms with E-state index in [2.05, 4.69) is 25.5 Å². The largest absolute Gasteiger partial charge is 0.339 e. The van der Waals surface area contributed by atoms with Gasteiger partial charge in [0.25, 0.3) is 0 Å². The monoisotopic (exact) mass is 279 g/mol. The maximum Gasteiger partial charge on any atom is 0.224 e. The van der Waals surface area contributed by atoms with E-state index in [1.54, 1.807) is 6.20 Å². The van der Waals surface area contributed by atoms with Crippen LogP contribution in [0.3, 0.4) is 0 Å². The van der Waals surface area contributed by atoms with Crippen molar-refractivity contribution in [2.45, 2.75) is 0 Å². The molecule has 0 unspecified atom stereocenters. The van der Waals surface area contributed by atoms with Gasteiger partial charge in [-0.2, -0.15) is 10.1 Å². The van der Waals surface area contributed by atoms with Crippen LogP contribution < -0.4 is 5.32 Å². The average Bonchev–Trinajstić information content (AvgIpc) is 2.81. The van der Waals surface area contributed by atoms with E-state index in [4.69, 9.17) is 23.2 Å². The van der Waals surface area contributed by atoms with Crippen molar-refractivity contribution in [2.24, 2.45) is 0 Å². The predicted octanol–water partition coefficient (Wildman–Crippen LogP) is 3.40. The van der Waals surface area contributed by atoms with E-state index in [1.807, 2.05) is 18.2 Å². The van der Waals surface area contributed by atoms with E-state index in [0.717, 1.165) is 16.6 Å². The Labute approximate surface area is 112 Å². The summed E-state index contributed by atoms with van der Waals surface area (Å²) in [5.74, 6) is 0.472. The molecule has 0 saturated heterocycles. The standard InChI is InChI=1S/C11H7Cl2N5/c12-8-5-14-11(13)17-10(8)16-7-1-2-9-6(3-7)4-15-18-9/h1-5H,(H,15,18)(H,14,16,17). The second-order valence-electron chi connectivity index (χ2n) is 3.63. The highest BCUT2D eigenvalue weighted by molar-refractivity contribution is 6.33. The van der Waals surface area contributed by atoms with Gasteiger partial charge in [-0.15, -0.1) is 0 Å². The Balaban J connectivity index is 1.97. The van der Waals surface area contributed by atoms with Gasteiger partial charge in [0.05, 0.1) is 17.9 Å². The molecule has 1 aromatic carbocycles. The first-order chi connectivity index (χ1) is 8.72. The summed E-state index contributed by atoms with van der Waals surface area (Å²) in [5, 5.41) is 11.5. The van der Waals surface area contributed by atoms with Crippen molar-refractivity contribution in [1.82, 2.24) is 20.2 Å². The van der Waals surface area contributed by atoms with E-state index in [-0.39, 0.29) is 5.28 Å². The molecule has 0 aliphatic heterocycles. The van der Waals surface area contributed by atoms with Crippen LogP contribution in [0.4, 0.5) is 11.5 Å². The molecule has 0 spiro atoms. The highest BCUT2D eigenvalue weighted by Gasteiger charge is 2.05. The summed E-state index contributed by atoms with van der Waals surface area (Å²) in [5.41, 5.74) is 1.81. The Morgan fingerprint density at radius 1 is 1.17 bits per heavy atom. The Kier molecular flexibility index (Phi) is 2.77. The lowest BCUT2D eigenvalue weighted by Crippen LogP contribution is -1.96. The molecule has 0 aliphatic rings. The van der Waals surface area contributed by atoms with Gasteiger partial charge < -0.3 is 5.32 Å². The van der Waals surface area contributed by atoms with Crippen molar-refractivity contribution in [3.8, 4) is 0 Å². The second-order valence-corrected chi connectivity index (χ2v) is 4.38. The fourth-order valence-electron chi connectivity index (χ4n) is 1.59. The van der Waals surface area contributed by atoms with Crippen LogP contribution in [0.2, 0.25) is 10.3 Å². The normalized spacial score (nSPS) is 10.8. The molecule has 0 saturated carbocycles. The number of benzene rings is 1. The Morgan fingerprint density at radius 2 is 2.06 bits per heavy atom. The number of nitrogens with one attached hydrogen (secondary N) is 2. The highest BCUT2D eigenvalue weighted by Crippen LogP contribution is 2.25. The zero-order valence-corrected chi connectivity index (χ0v) is 10.5. The number of halogens is 2. The summed E-state index contributed by atoms with van der Waals surface area (Å²) in [6, 6.07) is 5.75. The molecule has 2 N–H and O–H groups in total. The molecular formula is C11H7Cl2N5. The zero-order chi connectivity index (χ0) is 12.5. The minimum Gasteiger partial charge on any atom is -0.339 e. The molecule has 90 valence electrons. The third kappa shape index (κ3) is 2.10. The number of anilines is 2. The van der Waals surface area contributed by atoms with Crippen molar-refractivity contribution in [3.05, 3.63) is 40.9 Å². The predicted molar refractivity (Wildman–Crippen MR) is 71.4 cm³/mol. The van der Waals surface area contributed by atoms with Crippen LogP contribution in [0.5, 0.6) is 0 Å². The molecule has 18 heavy (non-hydrogen) atoms. The van der Waals surface area contributed by atoms with Crippen LogP contribution in [0.25, 0.3) is 10.9 Å². The molecule has 2 heterocycles. The summed E-state index contributed by atoms with van der Waals surface area (Å²) in [6.07, 6.45) is 3.20. The summed E-state index contributed by atoms with van der Waals surface area (Å²) >= 11 is 11.7. The highest BCUT2D eigenvalue weighted by atomic mass is 35.5. The second kappa shape index (κ2) is 4.44. The molecule has 0 radical (unpaired) electrons. The zero-order valence-electron chi connectivity index (χ0n) is 8.98. The van der Waals surface area contributed by atoms with E-state index in [9.17, 15) is 0 Å². The van der Waals surface area contributed by atoms with Gasteiger partial charge in [0, 0.05) is 11.1 Å². The minimum absolute atomic E-state index is 0.145. The number of nitrogens with zero attached hydrogens (tertiary/aromatic N) is 3. The fraction of sp³-hybridized carbons (Fsp3) is 0. The van der Waals surface area contributed by atoms with E-state index in [1.165, 1.54) is 6.20 Å². The van der Waals surface area contributed by atoms with Gasteiger partial charge >= 0.3 is 0 Å². The molecule has 7 heteroatoms. The van der Waals surface area contributed by atoms with Gasteiger partial charge in [-0.05, 0) is 29.8 Å². The third-order valence-corrected chi connectivity index (χ3v) is 2.88. The molecule has 5 nitrogen and oxygen atoms in total. The maximum atomic E-state index is 5.98. The molecule has 3 rings (SSSR count). The topological polar surface area (TPSA) is 66.5 Å². The first kappa shape index (κ1) is 11.3. The van der Waals surface area contributed by atoms with Gasteiger partial charge in [-0.3, -0.25) is 5.10 Å². The summed E-state index contributed by atoms with van der Waals surface area (Å²) in [6.45, 7) is 0. The van der Waals surface area contributed by atoms with E-state index in [0.29, 0.717) is 10.8 Å². The smallest absolute Gasteiger partial charge is 0.224 e. The number of H-pyrrole nitrogens is 1. The van der Waals surface area contributed by atoms with E-state index < -0.39 is 0 Å². The third-order valence-electron chi connectivity index (χ3n) is 2.42. The van der Waals surface area contributed by atoms with Crippen LogP contribution in [0.15, 0.2) is 30.6 Å². The first-order valence-electron chi connectivity index (χ1n) is 5.10. The number of hydrogen-bond acceptors (Lipinski definition) is 4. The molecule has 0 bridgehead atoms. The molecule has 0 amide bonds. The SMILES string of the molecule is Clc1ncc(Cl)c(Nc2ccc3[nH]ncc3c2)n1. The Morgan fingerprint density at radius 3 is 2.94 bits per heavy atom. The Hall–Kier alpha value is -1.85. The minimum atomic E-state index is 0.145. The van der Waals surface area contributed by atoms with Crippen molar-refractivity contribution in [1.29, 1.82) is 0 Å². The number of aromatic nitrogens is 4. The van der Waals surface area contributed by atoms with Gasteiger partial charge in [0.1, 0.15) is 5.02 Å². The van der Waals surface area contributed by atoms with E-state index >= 15 is 0 Å². The van der Waals surface area contributed by atoms with Crippen LogP contribution >= 0.6 is 23.2 Å². The van der Waals surface area contributed by atoms with Crippen LogP contribution in [0.1, 0.15) is 0 Å². The average molecular weight is 280 g/mol. The van der Waals surface area contributed by atoms with Gasteiger partial charge in [-0.25, -0.2) is 4.98 Å². The lowest BCUT2D eigenvalue weighted by Gasteiger charge is -2.07. The lowest BCUT2D eigenvalue weighted by molar-refractivity contribution is 1.12. The molecule has 3 aromatic rings. The summed E-state index contributed by atoms with van der Waals surface area (Å²) in [7, 11) is 0.